The molecule has 0 spiro atoms. The summed E-state index contributed by atoms with van der Waals surface area (Å²) in [6, 6.07) is 5.16. The van der Waals surface area contributed by atoms with Crippen molar-refractivity contribution in [2.75, 3.05) is 13.1 Å². The quantitative estimate of drug-likeness (QED) is 0.307. The zero-order valence-electron chi connectivity index (χ0n) is 21.3. The van der Waals surface area contributed by atoms with Crippen molar-refractivity contribution in [2.24, 2.45) is 11.8 Å². The van der Waals surface area contributed by atoms with E-state index < -0.39 is 23.9 Å². The Labute approximate surface area is 212 Å². The maximum Gasteiger partial charge on any atom is 0.257 e. The highest BCUT2D eigenvalue weighted by molar-refractivity contribution is 6.06. The third-order valence-electron chi connectivity index (χ3n) is 5.59. The number of amides is 4. The lowest BCUT2D eigenvalue weighted by Crippen LogP contribution is -2.50. The fourth-order valence-electron chi connectivity index (χ4n) is 3.56. The van der Waals surface area contributed by atoms with E-state index in [2.05, 4.69) is 31.2 Å². The van der Waals surface area contributed by atoms with Gasteiger partial charge in [-0.25, -0.2) is 0 Å². The van der Waals surface area contributed by atoms with Gasteiger partial charge in [-0.15, -0.1) is 0 Å². The van der Waals surface area contributed by atoms with Crippen LogP contribution >= 0.6 is 0 Å². The Morgan fingerprint density at radius 3 is 1.28 bits per heavy atom. The summed E-state index contributed by atoms with van der Waals surface area (Å²) in [6.07, 6.45) is 7.50. The van der Waals surface area contributed by atoms with E-state index >= 15 is 0 Å². The third kappa shape index (κ3) is 9.27. The van der Waals surface area contributed by atoms with Crippen LogP contribution in [-0.4, -0.2) is 58.8 Å². The Bertz CT molecular complexity index is 917. The van der Waals surface area contributed by atoms with Gasteiger partial charge in [0, 0.05) is 35.9 Å². The standard InChI is InChI=1S/C26H36N6O4/c1-17(2)21(25(35)31-23(33)19-7-13-27-14-8-19)29-11-5-6-12-30-22(18(3)4)26(36)32-24(34)20-9-15-28-16-10-20/h7-10,13-18,21-22,29-30H,5-6,11-12H2,1-4H3,(H,31,33,35)(H,32,34,36). The van der Waals surface area contributed by atoms with E-state index in [0.717, 1.165) is 12.8 Å². The minimum Gasteiger partial charge on any atom is -0.306 e. The van der Waals surface area contributed by atoms with Gasteiger partial charge in [0.15, 0.2) is 0 Å². The monoisotopic (exact) mass is 496 g/mol. The molecular formula is C26H36N6O4. The summed E-state index contributed by atoms with van der Waals surface area (Å²) in [5, 5.41) is 11.3. The lowest BCUT2D eigenvalue weighted by atomic mass is 10.0. The number of pyridine rings is 2. The summed E-state index contributed by atoms with van der Waals surface area (Å²) >= 11 is 0. The van der Waals surface area contributed by atoms with Gasteiger partial charge in [0.05, 0.1) is 12.1 Å². The number of hydrogen-bond donors (Lipinski definition) is 4. The van der Waals surface area contributed by atoms with Crippen molar-refractivity contribution in [3.8, 4) is 0 Å². The molecule has 0 radical (unpaired) electrons. The van der Waals surface area contributed by atoms with Crippen LogP contribution < -0.4 is 21.3 Å². The number of unbranched alkanes of at least 4 members (excludes halogenated alkanes) is 1. The molecule has 2 aromatic heterocycles. The minimum absolute atomic E-state index is 0.0136. The topological polar surface area (TPSA) is 142 Å². The van der Waals surface area contributed by atoms with Crippen molar-refractivity contribution in [3.05, 3.63) is 60.2 Å². The van der Waals surface area contributed by atoms with Gasteiger partial charge in [-0.05, 0) is 62.0 Å². The van der Waals surface area contributed by atoms with Crippen molar-refractivity contribution < 1.29 is 19.2 Å². The van der Waals surface area contributed by atoms with E-state index in [9.17, 15) is 19.2 Å². The number of carbonyl (C=O) groups is 4. The van der Waals surface area contributed by atoms with Crippen molar-refractivity contribution in [1.29, 1.82) is 0 Å². The molecule has 2 rings (SSSR count). The lowest BCUT2D eigenvalue weighted by Gasteiger charge is -2.22. The molecule has 0 fully saturated rings. The largest absolute Gasteiger partial charge is 0.306 e. The summed E-state index contributed by atoms with van der Waals surface area (Å²) in [4.78, 5) is 57.5. The lowest BCUT2D eigenvalue weighted by molar-refractivity contribution is -0.124. The average molecular weight is 497 g/mol. The Hall–Kier alpha value is -3.50. The van der Waals surface area contributed by atoms with E-state index in [1.807, 2.05) is 27.7 Å². The molecule has 0 aromatic carbocycles. The smallest absolute Gasteiger partial charge is 0.257 e. The molecule has 2 atom stereocenters. The third-order valence-corrected chi connectivity index (χ3v) is 5.59. The van der Waals surface area contributed by atoms with E-state index in [1.54, 1.807) is 24.3 Å². The van der Waals surface area contributed by atoms with Crippen LogP contribution in [0.25, 0.3) is 0 Å². The fraction of sp³-hybridized carbons (Fsp3) is 0.462. The summed E-state index contributed by atoms with van der Waals surface area (Å²) in [7, 11) is 0. The van der Waals surface area contributed by atoms with Gasteiger partial charge in [-0.3, -0.25) is 39.8 Å². The van der Waals surface area contributed by atoms with Gasteiger partial charge >= 0.3 is 0 Å². The number of nitrogens with zero attached hydrogens (tertiary/aromatic N) is 2. The molecule has 4 amide bonds. The average Bonchev–Trinajstić information content (AvgIpc) is 2.86. The van der Waals surface area contributed by atoms with Gasteiger partial charge in [-0.1, -0.05) is 27.7 Å². The summed E-state index contributed by atoms with van der Waals surface area (Å²) < 4.78 is 0. The second-order valence-electron chi connectivity index (χ2n) is 9.17. The fourth-order valence-corrected chi connectivity index (χ4v) is 3.56. The molecule has 36 heavy (non-hydrogen) atoms. The zero-order valence-corrected chi connectivity index (χ0v) is 21.3. The van der Waals surface area contributed by atoms with Crippen LogP contribution in [0, 0.1) is 11.8 Å². The van der Waals surface area contributed by atoms with Crippen LogP contribution in [0.3, 0.4) is 0 Å². The SMILES string of the molecule is CC(C)C(NCCCCNC(C(=O)NC(=O)c1ccncc1)C(C)C)C(=O)NC(=O)c1ccncc1. The molecule has 0 bridgehead atoms. The number of imide groups is 2. The van der Waals surface area contributed by atoms with Gasteiger partial charge in [0.1, 0.15) is 0 Å². The van der Waals surface area contributed by atoms with Crippen LogP contribution in [0.1, 0.15) is 61.3 Å². The molecule has 0 aliphatic rings. The predicted octanol–water partition coefficient (Wildman–Crippen LogP) is 1.70. The normalized spacial score (nSPS) is 12.7. The van der Waals surface area contributed by atoms with Crippen LogP contribution in [0.2, 0.25) is 0 Å². The molecule has 2 aromatic rings. The van der Waals surface area contributed by atoms with Gasteiger partial charge in [0.2, 0.25) is 11.8 Å². The Morgan fingerprint density at radius 2 is 0.972 bits per heavy atom. The first-order valence-electron chi connectivity index (χ1n) is 12.2. The number of nitrogens with one attached hydrogen (secondary N) is 4. The maximum atomic E-state index is 12.6. The molecular weight excluding hydrogens is 460 g/mol. The second kappa shape index (κ2) is 14.8. The predicted molar refractivity (Wildman–Crippen MR) is 136 cm³/mol. The molecule has 194 valence electrons. The number of carbonyl (C=O) groups excluding carboxylic acids is 4. The van der Waals surface area contributed by atoms with Crippen LogP contribution in [-0.2, 0) is 9.59 Å². The molecule has 2 unspecified atom stereocenters. The summed E-state index contributed by atoms with van der Waals surface area (Å²) in [5.74, 6) is -1.69. The van der Waals surface area contributed by atoms with Gasteiger partial charge in [-0.2, -0.15) is 0 Å². The van der Waals surface area contributed by atoms with E-state index in [4.69, 9.17) is 0 Å². The summed E-state index contributed by atoms with van der Waals surface area (Å²) in [6.45, 7) is 8.79. The number of aromatic nitrogens is 2. The first-order valence-corrected chi connectivity index (χ1v) is 12.2. The number of hydrogen-bond acceptors (Lipinski definition) is 8. The maximum absolute atomic E-state index is 12.6. The molecule has 0 saturated heterocycles. The van der Waals surface area contributed by atoms with Crippen molar-refractivity contribution >= 4 is 23.6 Å². The van der Waals surface area contributed by atoms with Crippen LogP contribution in [0.5, 0.6) is 0 Å². The molecule has 4 N–H and O–H groups in total. The molecule has 10 heteroatoms. The second-order valence-corrected chi connectivity index (χ2v) is 9.17. The van der Waals surface area contributed by atoms with Gasteiger partial charge < -0.3 is 10.6 Å². The zero-order chi connectivity index (χ0) is 26.5. The molecule has 0 saturated carbocycles. The van der Waals surface area contributed by atoms with E-state index in [0.29, 0.717) is 24.2 Å². The Morgan fingerprint density at radius 1 is 0.639 bits per heavy atom. The van der Waals surface area contributed by atoms with Crippen molar-refractivity contribution in [3.63, 3.8) is 0 Å². The highest BCUT2D eigenvalue weighted by Crippen LogP contribution is 2.06. The Balaban J connectivity index is 1.75. The highest BCUT2D eigenvalue weighted by Gasteiger charge is 2.25. The van der Waals surface area contributed by atoms with Crippen molar-refractivity contribution in [1.82, 2.24) is 31.2 Å². The summed E-state index contributed by atoms with van der Waals surface area (Å²) in [5.41, 5.74) is 0.747. The highest BCUT2D eigenvalue weighted by atomic mass is 16.2. The van der Waals surface area contributed by atoms with E-state index in [-0.39, 0.29) is 23.7 Å². The first-order chi connectivity index (χ1) is 17.2. The molecule has 2 heterocycles. The minimum atomic E-state index is -0.517. The van der Waals surface area contributed by atoms with Crippen LogP contribution in [0.4, 0.5) is 0 Å². The molecule has 0 aliphatic carbocycles. The first kappa shape index (κ1) is 28.7. The molecule has 0 aliphatic heterocycles. The molecule has 10 nitrogen and oxygen atoms in total. The number of rotatable bonds is 13. The Kier molecular flexibility index (Phi) is 11.8. The van der Waals surface area contributed by atoms with Crippen LogP contribution in [0.15, 0.2) is 49.1 Å². The van der Waals surface area contributed by atoms with E-state index in [1.165, 1.54) is 24.8 Å². The van der Waals surface area contributed by atoms with Gasteiger partial charge in [0.25, 0.3) is 11.8 Å². The van der Waals surface area contributed by atoms with Crippen molar-refractivity contribution in [2.45, 2.75) is 52.6 Å².